The second-order valence-electron chi connectivity index (χ2n) is 4.26. The molecule has 2 nitrogen and oxygen atoms in total. The molecule has 2 aromatic rings. The molecule has 0 aromatic heterocycles. The Kier molecular flexibility index (Phi) is 5.73. The second-order valence-corrected chi connectivity index (χ2v) is 5.92. The number of benzene rings is 2. The smallest absolute Gasteiger partial charge is 0.137 e. The lowest BCUT2D eigenvalue weighted by molar-refractivity contribution is 0.301. The van der Waals surface area contributed by atoms with Gasteiger partial charge in [0.1, 0.15) is 12.4 Å². The van der Waals surface area contributed by atoms with Crippen LogP contribution in [-0.2, 0) is 13.0 Å². The number of hydrogen-bond donors (Lipinski definition) is 1. The van der Waals surface area contributed by atoms with Crippen molar-refractivity contribution in [2.75, 3.05) is 6.54 Å². The Bertz CT molecular complexity index is 584. The molecule has 2 aromatic carbocycles. The van der Waals surface area contributed by atoms with E-state index in [4.69, 9.17) is 33.7 Å². The molecule has 0 fully saturated rings. The first-order chi connectivity index (χ1) is 9.63. The molecule has 0 amide bonds. The third-order valence-electron chi connectivity index (χ3n) is 2.88. The Balaban J connectivity index is 2.23. The monoisotopic (exact) mass is 373 g/mol. The van der Waals surface area contributed by atoms with Gasteiger partial charge in [-0.25, -0.2) is 0 Å². The molecule has 0 atom stereocenters. The van der Waals surface area contributed by atoms with Crippen LogP contribution < -0.4 is 10.5 Å². The van der Waals surface area contributed by atoms with Crippen LogP contribution in [0.15, 0.2) is 40.9 Å². The van der Waals surface area contributed by atoms with Crippen molar-refractivity contribution < 1.29 is 4.74 Å². The summed E-state index contributed by atoms with van der Waals surface area (Å²) in [6, 6.07) is 11.3. The molecule has 5 heteroatoms. The van der Waals surface area contributed by atoms with E-state index in [1.165, 1.54) is 0 Å². The van der Waals surface area contributed by atoms with Gasteiger partial charge in [-0.05, 0) is 52.7 Å². The largest absolute Gasteiger partial charge is 0.487 e. The van der Waals surface area contributed by atoms with Gasteiger partial charge in [0.15, 0.2) is 0 Å². The molecule has 106 valence electrons. The van der Waals surface area contributed by atoms with Gasteiger partial charge in [0, 0.05) is 15.6 Å². The summed E-state index contributed by atoms with van der Waals surface area (Å²) in [5, 5.41) is 1.20. The van der Waals surface area contributed by atoms with E-state index in [9.17, 15) is 0 Å². The fraction of sp³-hybridized carbons (Fsp3) is 0.200. The van der Waals surface area contributed by atoms with E-state index in [0.29, 0.717) is 23.2 Å². The van der Waals surface area contributed by atoms with Gasteiger partial charge in [-0.2, -0.15) is 0 Å². The highest BCUT2D eigenvalue weighted by Gasteiger charge is 2.11. The molecule has 0 aliphatic heterocycles. The number of rotatable bonds is 5. The van der Waals surface area contributed by atoms with E-state index >= 15 is 0 Å². The Morgan fingerprint density at radius 3 is 2.35 bits per heavy atom. The first-order valence-corrected chi connectivity index (χ1v) is 7.71. The maximum absolute atomic E-state index is 6.14. The van der Waals surface area contributed by atoms with E-state index in [2.05, 4.69) is 15.9 Å². The van der Waals surface area contributed by atoms with Crippen LogP contribution in [0.1, 0.15) is 11.1 Å². The lowest BCUT2D eigenvalue weighted by Gasteiger charge is -2.14. The van der Waals surface area contributed by atoms with Crippen molar-refractivity contribution in [2.45, 2.75) is 13.0 Å². The predicted molar refractivity (Wildman–Crippen MR) is 87.7 cm³/mol. The first-order valence-electron chi connectivity index (χ1n) is 6.16. The molecule has 0 heterocycles. The number of hydrogen-bond acceptors (Lipinski definition) is 2. The van der Waals surface area contributed by atoms with Crippen LogP contribution >= 0.6 is 39.1 Å². The van der Waals surface area contributed by atoms with E-state index in [0.717, 1.165) is 27.8 Å². The van der Waals surface area contributed by atoms with Gasteiger partial charge >= 0.3 is 0 Å². The first kappa shape index (κ1) is 15.6. The molecule has 0 spiro atoms. The molecule has 0 unspecified atom stereocenters. The standard InChI is InChI=1S/C15H14BrCl2NO/c16-12-4-1-3-10(7-8-19)15(12)20-9-11-13(17)5-2-6-14(11)18/h1-6H,7-9,19H2. The minimum atomic E-state index is 0.318. The fourth-order valence-electron chi connectivity index (χ4n) is 1.88. The highest BCUT2D eigenvalue weighted by atomic mass is 79.9. The van der Waals surface area contributed by atoms with Gasteiger partial charge in [0.25, 0.3) is 0 Å². The number of ether oxygens (including phenoxy) is 1. The average molecular weight is 375 g/mol. The summed E-state index contributed by atoms with van der Waals surface area (Å²) in [6.07, 6.45) is 0.755. The molecule has 0 saturated carbocycles. The predicted octanol–water partition coefficient (Wildman–Crippen LogP) is 4.84. The zero-order valence-electron chi connectivity index (χ0n) is 10.7. The van der Waals surface area contributed by atoms with Crippen molar-refractivity contribution >= 4 is 39.1 Å². The van der Waals surface area contributed by atoms with Crippen molar-refractivity contribution in [3.8, 4) is 5.75 Å². The van der Waals surface area contributed by atoms with Crippen LogP contribution in [-0.4, -0.2) is 6.54 Å². The molecule has 0 bridgehead atoms. The highest BCUT2D eigenvalue weighted by Crippen LogP contribution is 2.32. The average Bonchev–Trinajstić information content (AvgIpc) is 2.41. The van der Waals surface area contributed by atoms with Crippen LogP contribution in [0, 0.1) is 0 Å². The summed E-state index contributed by atoms with van der Waals surface area (Å²) < 4.78 is 6.79. The van der Waals surface area contributed by atoms with Crippen LogP contribution in [0.5, 0.6) is 5.75 Å². The maximum Gasteiger partial charge on any atom is 0.137 e. The Hall–Kier alpha value is -0.740. The van der Waals surface area contributed by atoms with Crippen LogP contribution in [0.25, 0.3) is 0 Å². The number of halogens is 3. The fourth-order valence-corrected chi connectivity index (χ4v) is 2.91. The molecule has 0 saturated heterocycles. The van der Waals surface area contributed by atoms with Crippen LogP contribution in [0.3, 0.4) is 0 Å². The van der Waals surface area contributed by atoms with Crippen LogP contribution in [0.2, 0.25) is 10.0 Å². The molecule has 0 aliphatic carbocycles. The van der Waals surface area contributed by atoms with E-state index in [1.807, 2.05) is 24.3 Å². The van der Waals surface area contributed by atoms with E-state index in [1.54, 1.807) is 12.1 Å². The van der Waals surface area contributed by atoms with Gasteiger partial charge < -0.3 is 10.5 Å². The highest BCUT2D eigenvalue weighted by molar-refractivity contribution is 9.10. The summed E-state index contributed by atoms with van der Waals surface area (Å²) in [6.45, 7) is 0.887. The Morgan fingerprint density at radius 2 is 1.70 bits per heavy atom. The van der Waals surface area contributed by atoms with Crippen molar-refractivity contribution in [3.63, 3.8) is 0 Å². The molecule has 0 aliphatic rings. The van der Waals surface area contributed by atoms with Gasteiger partial charge in [0.2, 0.25) is 0 Å². The van der Waals surface area contributed by atoms with Crippen molar-refractivity contribution in [1.29, 1.82) is 0 Å². The van der Waals surface area contributed by atoms with Crippen molar-refractivity contribution in [1.82, 2.24) is 0 Å². The molecular formula is C15H14BrCl2NO. The quantitative estimate of drug-likeness (QED) is 0.812. The lowest BCUT2D eigenvalue weighted by Crippen LogP contribution is -2.06. The molecule has 20 heavy (non-hydrogen) atoms. The third-order valence-corrected chi connectivity index (χ3v) is 4.22. The van der Waals surface area contributed by atoms with E-state index < -0.39 is 0 Å². The summed E-state index contributed by atoms with van der Waals surface area (Å²) in [5.74, 6) is 0.786. The van der Waals surface area contributed by atoms with E-state index in [-0.39, 0.29) is 0 Å². The minimum Gasteiger partial charge on any atom is -0.487 e. The van der Waals surface area contributed by atoms with Gasteiger partial charge in [-0.3, -0.25) is 0 Å². The van der Waals surface area contributed by atoms with Gasteiger partial charge in [-0.1, -0.05) is 41.4 Å². The topological polar surface area (TPSA) is 35.2 Å². The lowest BCUT2D eigenvalue weighted by atomic mass is 10.1. The molecule has 2 N–H and O–H groups in total. The SMILES string of the molecule is NCCc1cccc(Br)c1OCc1c(Cl)cccc1Cl. The minimum absolute atomic E-state index is 0.318. The zero-order valence-corrected chi connectivity index (χ0v) is 13.8. The zero-order chi connectivity index (χ0) is 14.5. The molecule has 2 rings (SSSR count). The molecule has 0 radical (unpaired) electrons. The summed E-state index contributed by atoms with van der Waals surface area (Å²) in [5.41, 5.74) is 7.46. The van der Waals surface area contributed by atoms with Gasteiger partial charge in [0.05, 0.1) is 4.47 Å². The number of para-hydroxylation sites is 1. The molecular weight excluding hydrogens is 361 g/mol. The van der Waals surface area contributed by atoms with Crippen LogP contribution in [0.4, 0.5) is 0 Å². The Morgan fingerprint density at radius 1 is 1.05 bits per heavy atom. The normalized spacial score (nSPS) is 10.6. The Labute approximate surface area is 137 Å². The van der Waals surface area contributed by atoms with Gasteiger partial charge in [-0.15, -0.1) is 0 Å². The van der Waals surface area contributed by atoms with Crippen molar-refractivity contribution in [3.05, 3.63) is 62.0 Å². The summed E-state index contributed by atoms with van der Waals surface area (Å²) >= 11 is 15.8. The summed E-state index contributed by atoms with van der Waals surface area (Å²) in [4.78, 5) is 0. The van der Waals surface area contributed by atoms with Crippen molar-refractivity contribution in [2.24, 2.45) is 5.73 Å². The number of nitrogens with two attached hydrogens (primary N) is 1. The second kappa shape index (κ2) is 7.32. The third kappa shape index (κ3) is 3.67. The summed E-state index contributed by atoms with van der Waals surface area (Å²) in [7, 11) is 0. The maximum atomic E-state index is 6.14.